The molecule has 0 aliphatic heterocycles. The number of hydrogen-bond acceptors (Lipinski definition) is 3. The molecule has 140 valence electrons. The fourth-order valence-corrected chi connectivity index (χ4v) is 2.87. The first kappa shape index (κ1) is 20.4. The van der Waals surface area contributed by atoms with Crippen LogP contribution in [-0.2, 0) is 4.79 Å². The van der Waals surface area contributed by atoms with E-state index in [1.165, 1.54) is 12.1 Å². The molecule has 1 N–H and O–H groups in total. The number of rotatable bonds is 8. The van der Waals surface area contributed by atoms with Crippen molar-refractivity contribution in [1.29, 1.82) is 0 Å². The Morgan fingerprint density at radius 1 is 1.23 bits per heavy atom. The summed E-state index contributed by atoms with van der Waals surface area (Å²) in [6, 6.07) is 13.4. The van der Waals surface area contributed by atoms with Crippen LogP contribution < -0.4 is 10.1 Å². The fraction of sp³-hybridized carbons (Fsp3) is 0.350. The van der Waals surface area contributed by atoms with Gasteiger partial charge < -0.3 is 15.0 Å². The lowest BCUT2D eigenvalue weighted by Gasteiger charge is -2.23. The molecule has 0 spiro atoms. The molecule has 26 heavy (non-hydrogen) atoms. The second-order valence-corrected chi connectivity index (χ2v) is 7.34. The first-order valence-corrected chi connectivity index (χ1v) is 9.27. The van der Waals surface area contributed by atoms with Gasteiger partial charge in [-0.3, -0.25) is 4.79 Å². The average molecular weight is 423 g/mol. The third-order valence-corrected chi connectivity index (χ3v) is 4.43. The quantitative estimate of drug-likeness (QED) is 0.693. The molecule has 0 aliphatic rings. The van der Waals surface area contributed by atoms with E-state index in [2.05, 4.69) is 21.2 Å². The van der Waals surface area contributed by atoms with E-state index in [1.54, 1.807) is 25.1 Å². The van der Waals surface area contributed by atoms with Crippen LogP contribution in [0.2, 0.25) is 0 Å². The summed E-state index contributed by atoms with van der Waals surface area (Å²) in [5, 5.41) is 3.02. The van der Waals surface area contributed by atoms with Gasteiger partial charge in [0.15, 0.2) is 6.10 Å². The molecule has 0 saturated carbocycles. The molecule has 2 unspecified atom stereocenters. The highest BCUT2D eigenvalue weighted by Gasteiger charge is 2.20. The molecule has 0 heterocycles. The van der Waals surface area contributed by atoms with Gasteiger partial charge in [-0.25, -0.2) is 4.39 Å². The first-order valence-electron chi connectivity index (χ1n) is 8.48. The SMILES string of the molecule is CC(Oc1cccc(Br)c1)C(=O)NC(CCN(C)C)c1ccc(F)cc1. The molecular formula is C20H24BrFN2O2. The van der Waals surface area contributed by atoms with Crippen molar-refractivity contribution in [3.8, 4) is 5.75 Å². The highest BCUT2D eigenvalue weighted by atomic mass is 79.9. The maximum atomic E-state index is 13.2. The van der Waals surface area contributed by atoms with Crippen molar-refractivity contribution in [2.24, 2.45) is 0 Å². The lowest BCUT2D eigenvalue weighted by molar-refractivity contribution is -0.128. The van der Waals surface area contributed by atoms with Crippen LogP contribution in [0.15, 0.2) is 53.0 Å². The Hall–Kier alpha value is -1.92. The first-order chi connectivity index (χ1) is 12.3. The number of benzene rings is 2. The number of amides is 1. The number of nitrogens with one attached hydrogen (secondary N) is 1. The van der Waals surface area contributed by atoms with Gasteiger partial charge in [0.1, 0.15) is 11.6 Å². The van der Waals surface area contributed by atoms with Crippen LogP contribution in [0.4, 0.5) is 4.39 Å². The summed E-state index contributed by atoms with van der Waals surface area (Å²) in [5.74, 6) is 0.115. The Kier molecular flexibility index (Phi) is 7.60. The van der Waals surface area contributed by atoms with Crippen LogP contribution in [0, 0.1) is 5.82 Å². The van der Waals surface area contributed by atoms with Crippen molar-refractivity contribution < 1.29 is 13.9 Å². The summed E-state index contributed by atoms with van der Waals surface area (Å²) in [7, 11) is 3.95. The van der Waals surface area contributed by atoms with Crippen LogP contribution in [0.1, 0.15) is 24.9 Å². The lowest BCUT2D eigenvalue weighted by Crippen LogP contribution is -2.39. The van der Waals surface area contributed by atoms with Gasteiger partial charge in [0.05, 0.1) is 6.04 Å². The van der Waals surface area contributed by atoms with Crippen LogP contribution >= 0.6 is 15.9 Å². The van der Waals surface area contributed by atoms with Gasteiger partial charge in [0.25, 0.3) is 5.91 Å². The number of ether oxygens (including phenoxy) is 1. The van der Waals surface area contributed by atoms with Crippen molar-refractivity contribution in [1.82, 2.24) is 10.2 Å². The number of halogens is 2. The van der Waals surface area contributed by atoms with E-state index in [-0.39, 0.29) is 17.8 Å². The Labute approximate surface area is 162 Å². The predicted octanol–water partition coefficient (Wildman–Crippen LogP) is 4.16. The Balaban J connectivity index is 2.05. The molecule has 0 bridgehead atoms. The summed E-state index contributed by atoms with van der Waals surface area (Å²) in [5.41, 5.74) is 0.872. The number of carbonyl (C=O) groups excluding carboxylic acids is 1. The molecule has 0 fully saturated rings. The molecule has 2 aromatic rings. The Bertz CT molecular complexity index is 722. The van der Waals surface area contributed by atoms with Crippen LogP contribution in [0.5, 0.6) is 5.75 Å². The highest BCUT2D eigenvalue weighted by molar-refractivity contribution is 9.10. The van der Waals surface area contributed by atoms with E-state index in [1.807, 2.05) is 37.2 Å². The molecule has 0 radical (unpaired) electrons. The van der Waals surface area contributed by atoms with Crippen LogP contribution in [0.25, 0.3) is 0 Å². The van der Waals surface area contributed by atoms with E-state index in [9.17, 15) is 9.18 Å². The second-order valence-electron chi connectivity index (χ2n) is 6.42. The van der Waals surface area contributed by atoms with Gasteiger partial charge in [0.2, 0.25) is 0 Å². The zero-order valence-corrected chi connectivity index (χ0v) is 16.8. The zero-order valence-electron chi connectivity index (χ0n) is 15.2. The molecule has 2 atom stereocenters. The van der Waals surface area contributed by atoms with Crippen molar-refractivity contribution in [2.45, 2.75) is 25.5 Å². The van der Waals surface area contributed by atoms with E-state index in [4.69, 9.17) is 4.74 Å². The van der Waals surface area contributed by atoms with Crippen molar-refractivity contribution in [2.75, 3.05) is 20.6 Å². The van der Waals surface area contributed by atoms with Crippen LogP contribution in [0.3, 0.4) is 0 Å². The monoisotopic (exact) mass is 422 g/mol. The smallest absolute Gasteiger partial charge is 0.261 e. The van der Waals surface area contributed by atoms with E-state index < -0.39 is 6.10 Å². The van der Waals surface area contributed by atoms with Gasteiger partial charge in [-0.15, -0.1) is 0 Å². The molecule has 2 rings (SSSR count). The van der Waals surface area contributed by atoms with E-state index in [0.29, 0.717) is 12.2 Å². The normalized spacial score (nSPS) is 13.3. The lowest BCUT2D eigenvalue weighted by atomic mass is 10.0. The minimum atomic E-state index is -0.647. The summed E-state index contributed by atoms with van der Waals surface area (Å²) in [4.78, 5) is 14.6. The Morgan fingerprint density at radius 3 is 2.54 bits per heavy atom. The third kappa shape index (κ3) is 6.42. The van der Waals surface area contributed by atoms with Crippen LogP contribution in [-0.4, -0.2) is 37.6 Å². The minimum Gasteiger partial charge on any atom is -0.481 e. The van der Waals surface area contributed by atoms with Gasteiger partial charge >= 0.3 is 0 Å². The molecular weight excluding hydrogens is 399 g/mol. The van der Waals surface area contributed by atoms with E-state index in [0.717, 1.165) is 16.6 Å². The van der Waals surface area contributed by atoms with Gasteiger partial charge in [-0.1, -0.05) is 34.1 Å². The van der Waals surface area contributed by atoms with Crippen molar-refractivity contribution in [3.63, 3.8) is 0 Å². The van der Waals surface area contributed by atoms with Gasteiger partial charge in [-0.2, -0.15) is 0 Å². The number of carbonyl (C=O) groups is 1. The predicted molar refractivity (Wildman–Crippen MR) is 105 cm³/mol. The van der Waals surface area contributed by atoms with Gasteiger partial charge in [0, 0.05) is 4.47 Å². The topological polar surface area (TPSA) is 41.6 Å². The second kappa shape index (κ2) is 9.69. The standard InChI is InChI=1S/C20H24BrFN2O2/c1-14(26-18-6-4-5-16(21)13-18)20(25)23-19(11-12-24(2)3)15-7-9-17(22)10-8-15/h4-10,13-14,19H,11-12H2,1-3H3,(H,23,25). The summed E-state index contributed by atoms with van der Waals surface area (Å²) < 4.78 is 19.8. The largest absolute Gasteiger partial charge is 0.481 e. The summed E-state index contributed by atoms with van der Waals surface area (Å²) in [6.45, 7) is 2.51. The number of nitrogens with zero attached hydrogens (tertiary/aromatic N) is 1. The minimum absolute atomic E-state index is 0.209. The van der Waals surface area contributed by atoms with Crippen molar-refractivity contribution in [3.05, 3.63) is 64.4 Å². The number of hydrogen-bond donors (Lipinski definition) is 1. The summed E-state index contributed by atoms with van der Waals surface area (Å²) >= 11 is 3.38. The third-order valence-electron chi connectivity index (χ3n) is 3.93. The zero-order chi connectivity index (χ0) is 19.1. The molecule has 4 nitrogen and oxygen atoms in total. The summed E-state index contributed by atoms with van der Waals surface area (Å²) in [6.07, 6.45) is 0.0696. The maximum absolute atomic E-state index is 13.2. The Morgan fingerprint density at radius 2 is 1.92 bits per heavy atom. The van der Waals surface area contributed by atoms with Gasteiger partial charge in [-0.05, 0) is 69.9 Å². The molecule has 2 aromatic carbocycles. The maximum Gasteiger partial charge on any atom is 0.261 e. The average Bonchev–Trinajstić information content (AvgIpc) is 2.59. The molecule has 0 saturated heterocycles. The van der Waals surface area contributed by atoms with E-state index >= 15 is 0 Å². The van der Waals surface area contributed by atoms with Crippen molar-refractivity contribution >= 4 is 21.8 Å². The highest BCUT2D eigenvalue weighted by Crippen LogP contribution is 2.21. The fourth-order valence-electron chi connectivity index (χ4n) is 2.49. The molecule has 0 aromatic heterocycles. The molecule has 6 heteroatoms. The molecule has 1 amide bonds. The molecule has 0 aliphatic carbocycles.